The molecule has 0 aliphatic carbocycles. The average Bonchev–Trinajstić information content (AvgIpc) is 2.71. The molecule has 1 N–H and O–H groups in total. The Labute approximate surface area is 170 Å². The Morgan fingerprint density at radius 1 is 1.07 bits per heavy atom. The quantitative estimate of drug-likeness (QED) is 0.686. The predicted octanol–water partition coefficient (Wildman–Crippen LogP) is 2.39. The molecule has 1 aliphatic heterocycles. The van der Waals surface area contributed by atoms with E-state index < -0.39 is 51.2 Å². The van der Waals surface area contributed by atoms with Crippen molar-refractivity contribution in [3.05, 3.63) is 48.5 Å². The van der Waals surface area contributed by atoms with Crippen molar-refractivity contribution in [1.82, 2.24) is 0 Å². The highest BCUT2D eigenvalue weighted by Crippen LogP contribution is 2.33. The van der Waals surface area contributed by atoms with Gasteiger partial charge in [-0.2, -0.15) is 8.78 Å². The van der Waals surface area contributed by atoms with Gasteiger partial charge in [0.1, 0.15) is 6.10 Å². The lowest BCUT2D eigenvalue weighted by Gasteiger charge is -2.30. The summed E-state index contributed by atoms with van der Waals surface area (Å²) in [5.74, 6) is -4.19. The van der Waals surface area contributed by atoms with E-state index in [0.29, 0.717) is 11.5 Å². The summed E-state index contributed by atoms with van der Waals surface area (Å²) in [7, 11) is -4.72. The predicted molar refractivity (Wildman–Crippen MR) is 100 cm³/mol. The van der Waals surface area contributed by atoms with E-state index in [2.05, 4.69) is 5.32 Å². The molecule has 1 aliphatic rings. The molecule has 2 atom stereocenters. The number of amides is 1. The Hall–Kier alpha value is -3.21. The van der Waals surface area contributed by atoms with Crippen LogP contribution in [0, 0.1) is 0 Å². The molecule has 0 aromatic heterocycles. The zero-order valence-electron chi connectivity index (χ0n) is 15.6. The summed E-state index contributed by atoms with van der Waals surface area (Å²) < 4.78 is 63.9. The van der Waals surface area contributed by atoms with Crippen molar-refractivity contribution in [2.75, 3.05) is 11.9 Å². The zero-order chi connectivity index (χ0) is 21.9. The van der Waals surface area contributed by atoms with E-state index in [9.17, 15) is 26.8 Å². The van der Waals surface area contributed by atoms with Gasteiger partial charge in [0.15, 0.2) is 18.1 Å². The summed E-state index contributed by atoms with van der Waals surface area (Å²) in [6.45, 7) is 0.987. The molecule has 1 heterocycles. The molecule has 0 radical (unpaired) electrons. The molecule has 0 fully saturated rings. The number of nitrogens with one attached hydrogen (secondary N) is 1. The van der Waals surface area contributed by atoms with Crippen molar-refractivity contribution in [1.29, 1.82) is 0 Å². The summed E-state index contributed by atoms with van der Waals surface area (Å²) in [4.78, 5) is 23.6. The van der Waals surface area contributed by atoms with E-state index in [-0.39, 0.29) is 5.69 Å². The molecule has 2 aromatic rings. The van der Waals surface area contributed by atoms with Gasteiger partial charge in [0, 0.05) is 5.69 Å². The second-order valence-corrected chi connectivity index (χ2v) is 8.21. The van der Waals surface area contributed by atoms with Crippen LogP contribution in [0.2, 0.25) is 0 Å². The number of carbonyl (C=O) groups excluding carboxylic acids is 2. The highest BCUT2D eigenvalue weighted by molar-refractivity contribution is 7.91. The lowest BCUT2D eigenvalue weighted by molar-refractivity contribution is -0.159. The first kappa shape index (κ1) is 21.5. The minimum atomic E-state index is -4.72. The smallest absolute Gasteiger partial charge is 0.351 e. The molecule has 0 saturated heterocycles. The highest BCUT2D eigenvalue weighted by Gasteiger charge is 2.35. The first-order valence-electron chi connectivity index (χ1n) is 8.69. The van der Waals surface area contributed by atoms with Crippen LogP contribution in [-0.4, -0.2) is 44.9 Å². The van der Waals surface area contributed by atoms with Gasteiger partial charge in [-0.3, -0.25) is 4.79 Å². The molecule has 0 bridgehead atoms. The van der Waals surface area contributed by atoms with Gasteiger partial charge in [-0.1, -0.05) is 12.1 Å². The Kier molecular flexibility index (Phi) is 6.20. The topological polar surface area (TPSA) is 108 Å². The molecule has 1 amide bonds. The van der Waals surface area contributed by atoms with Crippen LogP contribution < -0.4 is 14.8 Å². The summed E-state index contributed by atoms with van der Waals surface area (Å²) in [5, 5.41) is 2.36. The maximum absolute atomic E-state index is 12.5. The van der Waals surface area contributed by atoms with Gasteiger partial charge in [0.05, 0.1) is 4.90 Å². The van der Waals surface area contributed by atoms with Crippen molar-refractivity contribution in [3.8, 4) is 11.5 Å². The summed E-state index contributed by atoms with van der Waals surface area (Å²) in [5.41, 5.74) is 0.142. The Morgan fingerprint density at radius 3 is 2.27 bits per heavy atom. The van der Waals surface area contributed by atoms with Crippen molar-refractivity contribution in [2.45, 2.75) is 29.8 Å². The fourth-order valence-corrected chi connectivity index (χ4v) is 3.35. The largest absolute Gasteiger partial charge is 0.482 e. The SMILES string of the molecule is CC1Oc2ccccc2OC1C(=O)OCC(=O)Nc1ccc(S(=O)(=O)C(F)F)cc1. The Balaban J connectivity index is 1.54. The van der Waals surface area contributed by atoms with Gasteiger partial charge in [0.2, 0.25) is 15.9 Å². The molecule has 160 valence electrons. The summed E-state index contributed by atoms with van der Waals surface area (Å²) in [6, 6.07) is 11.0. The maximum atomic E-state index is 12.5. The Bertz CT molecular complexity index is 1040. The number of ether oxygens (including phenoxy) is 3. The number of hydrogen-bond acceptors (Lipinski definition) is 7. The zero-order valence-corrected chi connectivity index (χ0v) is 16.4. The third kappa shape index (κ3) is 4.67. The van der Waals surface area contributed by atoms with Crippen molar-refractivity contribution >= 4 is 27.4 Å². The third-order valence-corrected chi connectivity index (χ3v) is 5.52. The van der Waals surface area contributed by atoms with Gasteiger partial charge >= 0.3 is 11.7 Å². The second kappa shape index (κ2) is 8.66. The van der Waals surface area contributed by atoms with Gasteiger partial charge in [-0.05, 0) is 43.3 Å². The van der Waals surface area contributed by atoms with Crippen molar-refractivity contribution in [3.63, 3.8) is 0 Å². The van der Waals surface area contributed by atoms with Crippen LogP contribution in [-0.2, 0) is 24.2 Å². The molecular weight excluding hydrogens is 424 g/mol. The lowest BCUT2D eigenvalue weighted by atomic mass is 10.2. The number of esters is 1. The van der Waals surface area contributed by atoms with Crippen molar-refractivity contribution in [2.24, 2.45) is 0 Å². The number of halogens is 2. The number of anilines is 1. The second-order valence-electron chi connectivity index (χ2n) is 6.29. The van der Waals surface area contributed by atoms with Gasteiger partial charge in [-0.25, -0.2) is 13.2 Å². The molecule has 2 aromatic carbocycles. The summed E-state index contributed by atoms with van der Waals surface area (Å²) in [6.07, 6.45) is -1.70. The number of hydrogen-bond donors (Lipinski definition) is 1. The summed E-state index contributed by atoms with van der Waals surface area (Å²) >= 11 is 0. The van der Waals surface area contributed by atoms with E-state index in [1.165, 1.54) is 0 Å². The molecule has 0 spiro atoms. The molecule has 3 rings (SSSR count). The van der Waals surface area contributed by atoms with Crippen LogP contribution in [0.3, 0.4) is 0 Å². The Morgan fingerprint density at radius 2 is 1.67 bits per heavy atom. The number of rotatable bonds is 6. The molecule has 0 saturated carbocycles. The number of alkyl halides is 2. The number of sulfone groups is 1. The van der Waals surface area contributed by atoms with E-state index in [1.54, 1.807) is 31.2 Å². The van der Waals surface area contributed by atoms with Gasteiger partial charge in [0.25, 0.3) is 5.91 Å². The van der Waals surface area contributed by atoms with Crippen molar-refractivity contribution < 1.29 is 41.0 Å². The maximum Gasteiger partial charge on any atom is 0.351 e. The molecule has 8 nitrogen and oxygen atoms in total. The average molecular weight is 441 g/mol. The first-order chi connectivity index (χ1) is 14.2. The number of para-hydroxylation sites is 2. The van der Waals surface area contributed by atoms with E-state index in [0.717, 1.165) is 24.3 Å². The first-order valence-corrected chi connectivity index (χ1v) is 10.2. The lowest BCUT2D eigenvalue weighted by Crippen LogP contribution is -2.45. The molecule has 11 heteroatoms. The highest BCUT2D eigenvalue weighted by atomic mass is 32.2. The van der Waals surface area contributed by atoms with E-state index in [1.807, 2.05) is 0 Å². The molecule has 30 heavy (non-hydrogen) atoms. The van der Waals surface area contributed by atoms with Crippen LogP contribution >= 0.6 is 0 Å². The van der Waals surface area contributed by atoms with E-state index >= 15 is 0 Å². The molecule has 2 unspecified atom stereocenters. The van der Waals surface area contributed by atoms with Gasteiger partial charge in [-0.15, -0.1) is 0 Å². The van der Waals surface area contributed by atoms with E-state index in [4.69, 9.17) is 14.2 Å². The number of fused-ring (bicyclic) bond motifs is 1. The normalized spacial score (nSPS) is 18.0. The van der Waals surface area contributed by atoms with Crippen LogP contribution in [0.5, 0.6) is 11.5 Å². The fraction of sp³-hybridized carbons (Fsp3) is 0.263. The minimum absolute atomic E-state index is 0.142. The van der Waals surface area contributed by atoms with Crippen LogP contribution in [0.4, 0.5) is 14.5 Å². The minimum Gasteiger partial charge on any atom is -0.482 e. The van der Waals surface area contributed by atoms with Crippen LogP contribution in [0.1, 0.15) is 6.92 Å². The van der Waals surface area contributed by atoms with Crippen LogP contribution in [0.15, 0.2) is 53.4 Å². The standard InChI is InChI=1S/C19H17F2NO7S/c1-11-17(29-15-5-3-2-4-14(15)28-11)18(24)27-10-16(23)22-12-6-8-13(9-7-12)30(25,26)19(20)21/h2-9,11,17,19H,10H2,1H3,(H,22,23). The van der Waals surface area contributed by atoms with Crippen LogP contribution in [0.25, 0.3) is 0 Å². The van der Waals surface area contributed by atoms with Gasteiger partial charge < -0.3 is 19.5 Å². The number of benzene rings is 2. The number of carbonyl (C=O) groups is 2. The monoisotopic (exact) mass is 441 g/mol. The third-order valence-electron chi connectivity index (χ3n) is 4.12. The molecular formula is C19H17F2NO7S. The fourth-order valence-electron chi connectivity index (χ4n) is 2.63.